The van der Waals surface area contributed by atoms with E-state index >= 15 is 0 Å². The molecule has 0 saturated carbocycles. The van der Waals surface area contributed by atoms with Crippen LogP contribution in [0, 0.1) is 5.92 Å². The van der Waals surface area contributed by atoms with Gasteiger partial charge in [-0.05, 0) is 41.5 Å². The standard InChI is InChI=1S/C27H32N2O5S/c1-3-24-29(23(16-35-24)26(31)32)25(30)17(2)9-8-14-28-27(33)34-15-22-20-12-6-4-10-18(20)19-11-5-7-13-21(19)22/h4-7,10-13,17,22-24H,3,8-9,14-16H2,1-2H3,(H,28,33)(H,31,32). The highest BCUT2D eigenvalue weighted by Gasteiger charge is 2.41. The predicted molar refractivity (Wildman–Crippen MR) is 136 cm³/mol. The molecule has 2 aromatic rings. The summed E-state index contributed by atoms with van der Waals surface area (Å²) in [7, 11) is 0. The molecule has 0 radical (unpaired) electrons. The first kappa shape index (κ1) is 25.1. The molecule has 1 heterocycles. The molecule has 1 fully saturated rings. The fourth-order valence-electron chi connectivity index (χ4n) is 4.99. The molecule has 7 nitrogen and oxygen atoms in total. The minimum atomic E-state index is -0.953. The number of amides is 2. The maximum Gasteiger partial charge on any atom is 0.407 e. The highest BCUT2D eigenvalue weighted by molar-refractivity contribution is 8.00. The second kappa shape index (κ2) is 11.2. The summed E-state index contributed by atoms with van der Waals surface area (Å²) >= 11 is 1.52. The van der Waals surface area contributed by atoms with Crippen molar-refractivity contribution in [3.05, 3.63) is 59.7 Å². The Labute approximate surface area is 210 Å². The Hall–Kier alpha value is -3.00. The average molecular weight is 497 g/mol. The number of hydrogen-bond acceptors (Lipinski definition) is 5. The monoisotopic (exact) mass is 496 g/mol. The Kier molecular flexibility index (Phi) is 8.00. The number of rotatable bonds is 9. The third-order valence-corrected chi connectivity index (χ3v) is 8.28. The van der Waals surface area contributed by atoms with Crippen molar-refractivity contribution < 1.29 is 24.2 Å². The lowest BCUT2D eigenvalue weighted by molar-refractivity contribution is -0.150. The fourth-order valence-corrected chi connectivity index (χ4v) is 6.34. The van der Waals surface area contributed by atoms with Gasteiger partial charge in [-0.1, -0.05) is 62.4 Å². The molecular formula is C27H32N2O5S. The topological polar surface area (TPSA) is 95.9 Å². The van der Waals surface area contributed by atoms with Crippen LogP contribution in [0.15, 0.2) is 48.5 Å². The predicted octanol–water partition coefficient (Wildman–Crippen LogP) is 4.71. The first-order valence-corrected chi connectivity index (χ1v) is 13.2. The summed E-state index contributed by atoms with van der Waals surface area (Å²) in [4.78, 5) is 38.4. The maximum absolute atomic E-state index is 12.9. The van der Waals surface area contributed by atoms with Crippen molar-refractivity contribution in [2.24, 2.45) is 5.92 Å². The van der Waals surface area contributed by atoms with E-state index < -0.39 is 18.1 Å². The Morgan fingerprint density at radius 2 is 1.74 bits per heavy atom. The van der Waals surface area contributed by atoms with Gasteiger partial charge in [0.15, 0.2) is 0 Å². The number of nitrogens with one attached hydrogen (secondary N) is 1. The first-order chi connectivity index (χ1) is 16.9. The molecule has 2 N–H and O–H groups in total. The molecule has 35 heavy (non-hydrogen) atoms. The fraction of sp³-hybridized carbons (Fsp3) is 0.444. The smallest absolute Gasteiger partial charge is 0.407 e. The molecule has 0 aromatic heterocycles. The van der Waals surface area contributed by atoms with Gasteiger partial charge in [0.25, 0.3) is 0 Å². The number of benzene rings is 2. The Morgan fingerprint density at radius 3 is 2.34 bits per heavy atom. The van der Waals surface area contributed by atoms with Gasteiger partial charge in [0.05, 0.1) is 5.37 Å². The normalized spacial score (nSPS) is 19.7. The molecule has 1 aliphatic heterocycles. The Bertz CT molecular complexity index is 1050. The molecule has 3 unspecified atom stereocenters. The van der Waals surface area contributed by atoms with Gasteiger partial charge in [0, 0.05) is 24.1 Å². The van der Waals surface area contributed by atoms with E-state index in [1.807, 2.05) is 38.1 Å². The van der Waals surface area contributed by atoms with Crippen LogP contribution in [0.3, 0.4) is 0 Å². The minimum absolute atomic E-state index is 0.0119. The highest BCUT2D eigenvalue weighted by Crippen LogP contribution is 2.44. The van der Waals surface area contributed by atoms with Gasteiger partial charge in [-0.2, -0.15) is 0 Å². The van der Waals surface area contributed by atoms with Crippen molar-refractivity contribution in [1.29, 1.82) is 0 Å². The van der Waals surface area contributed by atoms with Crippen molar-refractivity contribution in [3.63, 3.8) is 0 Å². The van der Waals surface area contributed by atoms with Crippen LogP contribution in [0.25, 0.3) is 11.1 Å². The maximum atomic E-state index is 12.9. The summed E-state index contributed by atoms with van der Waals surface area (Å²) in [5, 5.41) is 12.2. The second-order valence-corrected chi connectivity index (χ2v) is 10.3. The van der Waals surface area contributed by atoms with Crippen LogP contribution in [0.4, 0.5) is 4.79 Å². The van der Waals surface area contributed by atoms with E-state index in [-0.39, 0.29) is 29.7 Å². The van der Waals surface area contributed by atoms with Crippen LogP contribution >= 0.6 is 11.8 Å². The molecule has 186 valence electrons. The zero-order valence-electron chi connectivity index (χ0n) is 20.1. The molecule has 2 aromatic carbocycles. The largest absolute Gasteiger partial charge is 0.480 e. The number of carbonyl (C=O) groups is 3. The number of fused-ring (bicyclic) bond motifs is 3. The number of carbonyl (C=O) groups excluding carboxylic acids is 2. The van der Waals surface area contributed by atoms with E-state index in [0.717, 1.165) is 6.42 Å². The third kappa shape index (κ3) is 5.32. The summed E-state index contributed by atoms with van der Waals surface area (Å²) in [5.41, 5.74) is 4.70. The lowest BCUT2D eigenvalue weighted by Crippen LogP contribution is -2.47. The highest BCUT2D eigenvalue weighted by atomic mass is 32.2. The van der Waals surface area contributed by atoms with Crippen molar-refractivity contribution in [2.75, 3.05) is 18.9 Å². The molecule has 2 aliphatic rings. The number of thioether (sulfide) groups is 1. The summed E-state index contributed by atoms with van der Waals surface area (Å²) in [5.74, 6) is -0.955. The zero-order chi connectivity index (χ0) is 24.9. The van der Waals surface area contributed by atoms with Crippen molar-refractivity contribution in [1.82, 2.24) is 10.2 Å². The molecule has 8 heteroatoms. The summed E-state index contributed by atoms with van der Waals surface area (Å²) in [6, 6.07) is 15.6. The van der Waals surface area contributed by atoms with Gasteiger partial charge in [-0.15, -0.1) is 11.8 Å². The lowest BCUT2D eigenvalue weighted by atomic mass is 9.98. The van der Waals surface area contributed by atoms with Crippen LogP contribution in [-0.4, -0.2) is 58.3 Å². The second-order valence-electron chi connectivity index (χ2n) is 9.09. The van der Waals surface area contributed by atoms with Crippen LogP contribution in [-0.2, 0) is 14.3 Å². The number of carboxylic acids is 1. The van der Waals surface area contributed by atoms with Crippen LogP contribution in [0.5, 0.6) is 0 Å². The van der Waals surface area contributed by atoms with Crippen LogP contribution < -0.4 is 5.32 Å². The lowest BCUT2D eigenvalue weighted by Gasteiger charge is -2.29. The average Bonchev–Trinajstić information content (AvgIpc) is 3.44. The summed E-state index contributed by atoms with van der Waals surface area (Å²) < 4.78 is 5.55. The van der Waals surface area contributed by atoms with E-state index in [0.29, 0.717) is 25.1 Å². The van der Waals surface area contributed by atoms with Crippen molar-refractivity contribution >= 4 is 29.7 Å². The molecule has 4 rings (SSSR count). The van der Waals surface area contributed by atoms with Gasteiger partial charge in [0.1, 0.15) is 12.6 Å². The van der Waals surface area contributed by atoms with Crippen molar-refractivity contribution in [3.8, 4) is 11.1 Å². The number of nitrogens with zero attached hydrogens (tertiary/aromatic N) is 1. The molecular weight excluding hydrogens is 464 g/mol. The van der Waals surface area contributed by atoms with Gasteiger partial charge in [-0.25, -0.2) is 9.59 Å². The van der Waals surface area contributed by atoms with E-state index in [2.05, 4.69) is 29.6 Å². The number of aliphatic carboxylic acids is 1. The molecule has 1 saturated heterocycles. The van der Waals surface area contributed by atoms with Crippen molar-refractivity contribution in [2.45, 2.75) is 50.4 Å². The number of hydrogen-bond donors (Lipinski definition) is 2. The first-order valence-electron chi connectivity index (χ1n) is 12.2. The Balaban J connectivity index is 1.23. The van der Waals surface area contributed by atoms with E-state index in [9.17, 15) is 19.5 Å². The zero-order valence-corrected chi connectivity index (χ0v) is 20.9. The van der Waals surface area contributed by atoms with Crippen LogP contribution in [0.2, 0.25) is 0 Å². The van der Waals surface area contributed by atoms with Gasteiger partial charge < -0.3 is 20.1 Å². The molecule has 1 aliphatic carbocycles. The summed E-state index contributed by atoms with van der Waals surface area (Å²) in [6.45, 7) is 4.44. The molecule has 0 spiro atoms. The SMILES string of the molecule is CCC1SCC(C(=O)O)N1C(=O)C(C)CCCNC(=O)OCC1c2ccccc2-c2ccccc21. The summed E-state index contributed by atoms with van der Waals surface area (Å²) in [6.07, 6.45) is 1.41. The van der Waals surface area contributed by atoms with Crippen LogP contribution in [0.1, 0.15) is 50.2 Å². The van der Waals surface area contributed by atoms with Gasteiger partial charge >= 0.3 is 12.1 Å². The van der Waals surface area contributed by atoms with E-state index in [4.69, 9.17) is 4.74 Å². The molecule has 2 amide bonds. The van der Waals surface area contributed by atoms with E-state index in [1.54, 1.807) is 0 Å². The van der Waals surface area contributed by atoms with Gasteiger partial charge in [-0.3, -0.25) is 4.79 Å². The van der Waals surface area contributed by atoms with E-state index in [1.165, 1.54) is 38.9 Å². The third-order valence-electron chi connectivity index (χ3n) is 6.83. The molecule has 3 atom stereocenters. The van der Waals surface area contributed by atoms with Gasteiger partial charge in [0.2, 0.25) is 5.91 Å². The Morgan fingerprint density at radius 1 is 1.11 bits per heavy atom. The number of carboxylic acid groups (broad SMARTS) is 1. The molecule has 0 bridgehead atoms. The number of alkyl carbamates (subject to hydrolysis) is 1. The quantitative estimate of drug-likeness (QED) is 0.489. The number of ether oxygens (including phenoxy) is 1. The minimum Gasteiger partial charge on any atom is -0.480 e.